The average molecular weight is 357 g/mol. The predicted octanol–water partition coefficient (Wildman–Crippen LogP) is 3.91. The van der Waals surface area contributed by atoms with Gasteiger partial charge in [-0.1, -0.05) is 0 Å². The first-order chi connectivity index (χ1) is 11.5. The van der Waals surface area contributed by atoms with Gasteiger partial charge < -0.3 is 15.0 Å². The fourth-order valence-electron chi connectivity index (χ4n) is 3.55. The van der Waals surface area contributed by atoms with E-state index in [-0.39, 0.29) is 18.2 Å². The number of carbonyl (C=O) groups is 1. The van der Waals surface area contributed by atoms with Crippen LogP contribution >= 0.6 is 0 Å². The van der Waals surface area contributed by atoms with Crippen molar-refractivity contribution in [2.24, 2.45) is 5.92 Å². The van der Waals surface area contributed by atoms with Crippen molar-refractivity contribution in [1.82, 2.24) is 9.88 Å². The van der Waals surface area contributed by atoms with Crippen LogP contribution in [0.5, 0.6) is 0 Å². The second kappa shape index (κ2) is 6.07. The van der Waals surface area contributed by atoms with Crippen LogP contribution in [-0.4, -0.2) is 40.2 Å². The van der Waals surface area contributed by atoms with Gasteiger partial charge in [-0.3, -0.25) is 0 Å². The Bertz CT molecular complexity index is 640. The first kappa shape index (κ1) is 17.8. The lowest BCUT2D eigenvalue weighted by atomic mass is 10.1. The third-order valence-corrected chi connectivity index (χ3v) is 4.53. The maximum absolute atomic E-state index is 12.6. The molecule has 3 rings (SSSR count). The average Bonchev–Trinajstić information content (AvgIpc) is 3.05. The minimum Gasteiger partial charge on any atom is -0.444 e. The number of alkyl halides is 3. The number of hydrogen-bond donors (Lipinski definition) is 1. The lowest BCUT2D eigenvalue weighted by molar-refractivity contribution is -0.137. The topological polar surface area (TPSA) is 54.5 Å². The number of likely N-dealkylation sites (tertiary alicyclic amines) is 1. The number of rotatable bonds is 2. The van der Waals surface area contributed by atoms with E-state index >= 15 is 0 Å². The molecule has 1 saturated carbocycles. The van der Waals surface area contributed by atoms with Gasteiger partial charge >= 0.3 is 12.3 Å². The first-order valence-corrected chi connectivity index (χ1v) is 8.32. The zero-order valence-electron chi connectivity index (χ0n) is 14.4. The lowest BCUT2D eigenvalue weighted by Crippen LogP contribution is -2.49. The largest absolute Gasteiger partial charge is 0.444 e. The summed E-state index contributed by atoms with van der Waals surface area (Å²) < 4.78 is 43.3. The van der Waals surface area contributed by atoms with Crippen LogP contribution in [0.2, 0.25) is 0 Å². The van der Waals surface area contributed by atoms with Crippen LogP contribution < -0.4 is 5.32 Å². The summed E-state index contributed by atoms with van der Waals surface area (Å²) in [6.07, 6.45) is -2.18. The molecule has 8 heteroatoms. The van der Waals surface area contributed by atoms with Gasteiger partial charge in [-0.25, -0.2) is 9.78 Å². The van der Waals surface area contributed by atoms with Crippen molar-refractivity contribution in [3.63, 3.8) is 0 Å². The van der Waals surface area contributed by atoms with Gasteiger partial charge in [0, 0.05) is 18.8 Å². The summed E-state index contributed by atoms with van der Waals surface area (Å²) in [5.41, 5.74) is -1.34. The lowest BCUT2D eigenvalue weighted by Gasteiger charge is -2.35. The van der Waals surface area contributed by atoms with Crippen molar-refractivity contribution in [2.45, 2.75) is 57.5 Å². The highest BCUT2D eigenvalue weighted by molar-refractivity contribution is 5.69. The molecule has 1 N–H and O–H groups in total. The molecule has 2 bridgehead atoms. The SMILES string of the molecule is CC(C)(C)OC(=O)N1C[C@H]2C[C@@H](Nc3ccc(C(F)(F)F)cn3)[C@@H]1C2. The molecule has 2 fully saturated rings. The van der Waals surface area contributed by atoms with Crippen molar-refractivity contribution in [3.05, 3.63) is 23.9 Å². The van der Waals surface area contributed by atoms with Crippen LogP contribution in [0.3, 0.4) is 0 Å². The van der Waals surface area contributed by atoms with Crippen molar-refractivity contribution in [1.29, 1.82) is 0 Å². The van der Waals surface area contributed by atoms with E-state index in [1.165, 1.54) is 6.07 Å². The molecule has 0 radical (unpaired) electrons. The maximum Gasteiger partial charge on any atom is 0.417 e. The third-order valence-electron chi connectivity index (χ3n) is 4.53. The van der Waals surface area contributed by atoms with Crippen LogP contribution in [0.25, 0.3) is 0 Å². The maximum atomic E-state index is 12.6. The van der Waals surface area contributed by atoms with Crippen molar-refractivity contribution < 1.29 is 22.7 Å². The molecule has 1 aromatic heterocycles. The molecule has 0 aromatic carbocycles. The minimum absolute atomic E-state index is 0.0241. The summed E-state index contributed by atoms with van der Waals surface area (Å²) >= 11 is 0. The van der Waals surface area contributed by atoms with E-state index in [0.717, 1.165) is 25.1 Å². The standard InChI is InChI=1S/C17H22F3N3O2/c1-16(2,3)25-15(24)23-9-10-6-12(13(23)7-10)22-14-5-4-11(8-21-14)17(18,19)20/h4-5,8,10,12-13H,6-7,9H2,1-3H3,(H,21,22)/t10-,12+,13-/m0/s1. The Labute approximate surface area is 144 Å². The fraction of sp³-hybridized carbons (Fsp3) is 0.647. The van der Waals surface area contributed by atoms with E-state index in [1.54, 1.807) is 4.90 Å². The number of halogens is 3. The molecule has 1 aromatic rings. The van der Waals surface area contributed by atoms with Gasteiger partial charge in [-0.2, -0.15) is 13.2 Å². The smallest absolute Gasteiger partial charge is 0.417 e. The number of fused-ring (bicyclic) bond motifs is 2. The van der Waals surface area contributed by atoms with Crippen LogP contribution in [0.15, 0.2) is 18.3 Å². The summed E-state index contributed by atoms with van der Waals surface area (Å²) in [6.45, 7) is 6.13. The molecule has 1 aliphatic heterocycles. The molecule has 1 amide bonds. The van der Waals surface area contributed by atoms with Gasteiger partial charge in [-0.15, -0.1) is 0 Å². The van der Waals surface area contributed by atoms with Gasteiger partial charge in [0.15, 0.2) is 0 Å². The summed E-state index contributed by atoms with van der Waals surface area (Å²) in [5.74, 6) is 0.763. The molecule has 2 heterocycles. The number of hydrogen-bond acceptors (Lipinski definition) is 4. The van der Waals surface area contributed by atoms with Gasteiger partial charge in [0.25, 0.3) is 0 Å². The predicted molar refractivity (Wildman–Crippen MR) is 86.1 cm³/mol. The van der Waals surface area contributed by atoms with E-state index in [9.17, 15) is 18.0 Å². The Balaban J connectivity index is 1.65. The van der Waals surface area contributed by atoms with Gasteiger partial charge in [0.05, 0.1) is 11.6 Å². The molecular weight excluding hydrogens is 335 g/mol. The minimum atomic E-state index is -4.40. The molecule has 1 aliphatic carbocycles. The van der Waals surface area contributed by atoms with Crippen LogP contribution in [0, 0.1) is 5.92 Å². The number of nitrogens with zero attached hydrogens (tertiary/aromatic N) is 2. The Morgan fingerprint density at radius 2 is 2.00 bits per heavy atom. The molecule has 2 aliphatic rings. The van der Waals surface area contributed by atoms with Crippen LogP contribution in [-0.2, 0) is 10.9 Å². The number of ether oxygens (including phenoxy) is 1. The third kappa shape index (κ3) is 3.99. The highest BCUT2D eigenvalue weighted by atomic mass is 19.4. The summed E-state index contributed by atoms with van der Waals surface area (Å²) in [5, 5.41) is 3.17. The Morgan fingerprint density at radius 1 is 1.28 bits per heavy atom. The van der Waals surface area contributed by atoms with E-state index < -0.39 is 17.3 Å². The van der Waals surface area contributed by atoms with Crippen LogP contribution in [0.1, 0.15) is 39.2 Å². The fourth-order valence-corrected chi connectivity index (χ4v) is 3.55. The van der Waals surface area contributed by atoms with Gasteiger partial charge in [0.1, 0.15) is 11.4 Å². The molecule has 0 unspecified atom stereocenters. The van der Waals surface area contributed by atoms with Crippen LogP contribution in [0.4, 0.5) is 23.8 Å². The highest BCUT2D eigenvalue weighted by Gasteiger charge is 2.48. The molecular formula is C17H22F3N3O2. The van der Waals surface area contributed by atoms with E-state index in [0.29, 0.717) is 18.3 Å². The Morgan fingerprint density at radius 3 is 2.52 bits per heavy atom. The Hall–Kier alpha value is -1.99. The van der Waals surface area contributed by atoms with E-state index in [4.69, 9.17) is 4.74 Å². The highest BCUT2D eigenvalue weighted by Crippen LogP contribution is 2.40. The summed E-state index contributed by atoms with van der Waals surface area (Å²) in [4.78, 5) is 17.9. The van der Waals surface area contributed by atoms with E-state index in [1.807, 2.05) is 20.8 Å². The Kier molecular flexibility index (Phi) is 4.33. The normalized spacial score (nSPS) is 26.0. The summed E-state index contributed by atoms with van der Waals surface area (Å²) in [6, 6.07) is 2.28. The van der Waals surface area contributed by atoms with E-state index in [2.05, 4.69) is 10.3 Å². The van der Waals surface area contributed by atoms with Crippen molar-refractivity contribution in [2.75, 3.05) is 11.9 Å². The zero-order chi connectivity index (χ0) is 18.4. The number of amides is 1. The molecule has 5 nitrogen and oxygen atoms in total. The number of pyridine rings is 1. The number of anilines is 1. The van der Waals surface area contributed by atoms with Gasteiger partial charge in [-0.05, 0) is 51.7 Å². The molecule has 25 heavy (non-hydrogen) atoms. The molecule has 0 spiro atoms. The van der Waals surface area contributed by atoms with Gasteiger partial charge in [0.2, 0.25) is 0 Å². The van der Waals surface area contributed by atoms with Crippen molar-refractivity contribution in [3.8, 4) is 0 Å². The molecule has 3 atom stereocenters. The number of piperidine rings is 1. The first-order valence-electron chi connectivity index (χ1n) is 8.32. The number of carbonyl (C=O) groups excluding carboxylic acids is 1. The zero-order valence-corrected chi connectivity index (χ0v) is 14.4. The number of nitrogens with one attached hydrogen (secondary N) is 1. The monoisotopic (exact) mass is 357 g/mol. The quantitative estimate of drug-likeness (QED) is 0.872. The second-order valence-electron chi connectivity index (χ2n) is 7.72. The molecule has 1 saturated heterocycles. The van der Waals surface area contributed by atoms with Crippen molar-refractivity contribution >= 4 is 11.9 Å². The molecule has 138 valence electrons. The summed E-state index contributed by atoms with van der Waals surface area (Å²) in [7, 11) is 0. The second-order valence-corrected chi connectivity index (χ2v) is 7.72. The number of aromatic nitrogens is 1.